The van der Waals surface area contributed by atoms with Crippen molar-refractivity contribution < 1.29 is 19.4 Å². The van der Waals surface area contributed by atoms with Crippen LogP contribution in [0.4, 0.5) is 11.5 Å². The van der Waals surface area contributed by atoms with Crippen LogP contribution in [-0.4, -0.2) is 42.7 Å². The molecule has 8 nitrogen and oxygen atoms in total. The second-order valence-electron chi connectivity index (χ2n) is 7.16. The standard InChI is InChI=1S/C25H20N4O4S/c1-27-22-21(17-9-5-4-6-10-17)19(13-26)24(28-23(22)29(2)14-20(30)33-3)34-15-16-8-7-11-18(12-16)25(31)32/h4-12H,14-15H2,2-3H3,(H,31,32). The third kappa shape index (κ3) is 5.34. The molecule has 3 rings (SSSR count). The van der Waals surface area contributed by atoms with Gasteiger partial charge in [-0.3, -0.25) is 4.79 Å². The zero-order valence-electron chi connectivity index (χ0n) is 18.5. The van der Waals surface area contributed by atoms with Crippen molar-refractivity contribution in [3.8, 4) is 17.2 Å². The number of aromatic nitrogens is 1. The molecular formula is C25H20N4O4S. The topological polar surface area (TPSA) is 108 Å². The van der Waals surface area contributed by atoms with Crippen molar-refractivity contribution in [1.29, 1.82) is 5.26 Å². The molecule has 0 atom stereocenters. The number of carbonyl (C=O) groups excluding carboxylic acids is 1. The number of benzene rings is 2. The minimum atomic E-state index is -1.03. The van der Waals surface area contributed by atoms with Gasteiger partial charge in [-0.15, -0.1) is 11.8 Å². The molecule has 0 saturated carbocycles. The lowest BCUT2D eigenvalue weighted by atomic mass is 10.00. The maximum absolute atomic E-state index is 11.9. The van der Waals surface area contributed by atoms with E-state index in [9.17, 15) is 20.0 Å². The maximum Gasteiger partial charge on any atom is 0.335 e. The number of pyridine rings is 1. The minimum absolute atomic E-state index is 0.128. The number of anilines is 1. The van der Waals surface area contributed by atoms with Crippen LogP contribution in [0.5, 0.6) is 0 Å². The summed E-state index contributed by atoms with van der Waals surface area (Å²) in [5.74, 6) is -0.915. The number of rotatable bonds is 8. The molecule has 0 fully saturated rings. The van der Waals surface area contributed by atoms with Gasteiger partial charge in [0, 0.05) is 18.4 Å². The third-order valence-electron chi connectivity index (χ3n) is 4.91. The normalized spacial score (nSPS) is 10.1. The van der Waals surface area contributed by atoms with Gasteiger partial charge in [0.25, 0.3) is 0 Å². The highest BCUT2D eigenvalue weighted by Crippen LogP contribution is 2.43. The van der Waals surface area contributed by atoms with Crippen LogP contribution >= 0.6 is 11.8 Å². The molecule has 0 spiro atoms. The average molecular weight is 473 g/mol. The molecule has 0 aliphatic heterocycles. The summed E-state index contributed by atoms with van der Waals surface area (Å²) in [7, 11) is 2.90. The molecule has 0 unspecified atom stereocenters. The van der Waals surface area contributed by atoms with Gasteiger partial charge in [-0.25, -0.2) is 14.6 Å². The first kappa shape index (κ1) is 24.3. The lowest BCUT2D eigenvalue weighted by Crippen LogP contribution is -2.27. The van der Waals surface area contributed by atoms with Crippen molar-refractivity contribution in [3.63, 3.8) is 0 Å². The molecule has 0 bridgehead atoms. The Labute approximate surface area is 201 Å². The monoisotopic (exact) mass is 472 g/mol. The fraction of sp³-hybridized carbons (Fsp3) is 0.160. The minimum Gasteiger partial charge on any atom is -0.478 e. The molecule has 170 valence electrons. The van der Waals surface area contributed by atoms with Gasteiger partial charge >= 0.3 is 11.9 Å². The molecule has 0 aliphatic carbocycles. The maximum atomic E-state index is 11.9. The summed E-state index contributed by atoms with van der Waals surface area (Å²) in [6.07, 6.45) is 0. The van der Waals surface area contributed by atoms with Crippen LogP contribution < -0.4 is 4.90 Å². The summed E-state index contributed by atoms with van der Waals surface area (Å²) in [5.41, 5.74) is 2.42. The second-order valence-corrected chi connectivity index (χ2v) is 8.12. The largest absolute Gasteiger partial charge is 0.478 e. The van der Waals surface area contributed by atoms with E-state index in [4.69, 9.17) is 11.3 Å². The quantitative estimate of drug-likeness (QED) is 0.284. The van der Waals surface area contributed by atoms with Crippen LogP contribution in [0.2, 0.25) is 0 Å². The highest BCUT2D eigenvalue weighted by Gasteiger charge is 2.24. The van der Waals surface area contributed by atoms with E-state index in [0.717, 1.165) is 5.56 Å². The number of methoxy groups -OCH3 is 1. The number of hydrogen-bond donors (Lipinski definition) is 1. The van der Waals surface area contributed by atoms with Gasteiger partial charge in [0.1, 0.15) is 23.5 Å². The van der Waals surface area contributed by atoms with E-state index >= 15 is 0 Å². The van der Waals surface area contributed by atoms with Crippen LogP contribution in [-0.2, 0) is 15.3 Å². The molecule has 0 aliphatic rings. The van der Waals surface area contributed by atoms with Crippen molar-refractivity contribution in [3.05, 3.63) is 82.7 Å². The van der Waals surface area contributed by atoms with Crippen LogP contribution in [0, 0.1) is 17.9 Å². The summed E-state index contributed by atoms with van der Waals surface area (Å²) in [6.45, 7) is 7.68. The molecule has 1 N–H and O–H groups in total. The lowest BCUT2D eigenvalue weighted by molar-refractivity contribution is -0.138. The molecule has 2 aromatic carbocycles. The van der Waals surface area contributed by atoms with Gasteiger partial charge in [0.2, 0.25) is 5.69 Å². The SMILES string of the molecule is [C-]#[N+]c1c(N(C)CC(=O)OC)nc(SCc2cccc(C(=O)O)c2)c(C#N)c1-c1ccccc1. The molecule has 3 aromatic rings. The van der Waals surface area contributed by atoms with E-state index in [1.54, 1.807) is 37.4 Å². The summed E-state index contributed by atoms with van der Waals surface area (Å²) in [5, 5.41) is 19.7. The molecule has 0 radical (unpaired) electrons. The Bertz CT molecular complexity index is 1310. The average Bonchev–Trinajstić information content (AvgIpc) is 2.86. The second kappa shape index (κ2) is 11.0. The van der Waals surface area contributed by atoms with Gasteiger partial charge in [-0.1, -0.05) is 42.5 Å². The molecule has 0 saturated heterocycles. The highest BCUT2D eigenvalue weighted by molar-refractivity contribution is 7.98. The summed E-state index contributed by atoms with van der Waals surface area (Å²) in [4.78, 5) is 33.0. The number of carbonyl (C=O) groups is 2. The predicted octanol–water partition coefficient (Wildman–Crippen LogP) is 4.77. The first-order valence-electron chi connectivity index (χ1n) is 10.0. The zero-order chi connectivity index (χ0) is 24.7. The van der Waals surface area contributed by atoms with E-state index in [-0.39, 0.29) is 29.2 Å². The number of carboxylic acids is 1. The van der Waals surface area contributed by atoms with Crippen LogP contribution in [0.15, 0.2) is 59.6 Å². The van der Waals surface area contributed by atoms with Crippen LogP contribution in [0.3, 0.4) is 0 Å². The van der Waals surface area contributed by atoms with E-state index in [2.05, 4.69) is 15.9 Å². The number of hydrogen-bond acceptors (Lipinski definition) is 7. The smallest absolute Gasteiger partial charge is 0.335 e. The molecule has 0 amide bonds. The Morgan fingerprint density at radius 1 is 1.24 bits per heavy atom. The number of carboxylic acid groups (broad SMARTS) is 1. The lowest BCUT2D eigenvalue weighted by Gasteiger charge is -2.22. The van der Waals surface area contributed by atoms with E-state index < -0.39 is 11.9 Å². The molecule has 1 heterocycles. The summed E-state index contributed by atoms with van der Waals surface area (Å²) in [6, 6.07) is 17.8. The van der Waals surface area contributed by atoms with E-state index in [0.29, 0.717) is 21.9 Å². The van der Waals surface area contributed by atoms with Crippen molar-refractivity contribution in [2.24, 2.45) is 0 Å². The number of aromatic carboxylic acids is 1. The van der Waals surface area contributed by atoms with Crippen molar-refractivity contribution in [2.75, 3.05) is 25.6 Å². The van der Waals surface area contributed by atoms with Gasteiger partial charge in [-0.2, -0.15) is 5.26 Å². The summed E-state index contributed by atoms with van der Waals surface area (Å²) < 4.78 is 4.75. The summed E-state index contributed by atoms with van der Waals surface area (Å²) >= 11 is 1.26. The molecule has 9 heteroatoms. The van der Waals surface area contributed by atoms with Gasteiger partial charge in [-0.05, 0) is 23.3 Å². The van der Waals surface area contributed by atoms with Gasteiger partial charge in [0.15, 0.2) is 0 Å². The Morgan fingerprint density at radius 2 is 1.97 bits per heavy atom. The third-order valence-corrected chi connectivity index (χ3v) is 5.96. The molecular weight excluding hydrogens is 452 g/mol. The Balaban J connectivity index is 2.15. The van der Waals surface area contributed by atoms with Crippen LogP contribution in [0.25, 0.3) is 16.0 Å². The Morgan fingerprint density at radius 3 is 2.59 bits per heavy atom. The Kier molecular flexibility index (Phi) is 7.86. The van der Waals surface area contributed by atoms with Gasteiger partial charge < -0.3 is 14.7 Å². The van der Waals surface area contributed by atoms with Crippen molar-refractivity contribution >= 4 is 35.2 Å². The highest BCUT2D eigenvalue weighted by atomic mass is 32.2. The fourth-order valence-electron chi connectivity index (χ4n) is 3.29. The first-order chi connectivity index (χ1) is 16.4. The number of ether oxygens (including phenoxy) is 1. The molecule has 1 aromatic heterocycles. The number of likely N-dealkylation sites (N-methyl/N-ethyl adjacent to an activating group) is 1. The van der Waals surface area contributed by atoms with Crippen molar-refractivity contribution in [2.45, 2.75) is 10.8 Å². The number of esters is 1. The Hall–Kier alpha value is -4.34. The number of nitriles is 1. The van der Waals surface area contributed by atoms with Gasteiger partial charge in [0.05, 0.1) is 24.8 Å². The van der Waals surface area contributed by atoms with E-state index in [1.165, 1.54) is 29.8 Å². The van der Waals surface area contributed by atoms with Crippen molar-refractivity contribution in [1.82, 2.24) is 4.98 Å². The van der Waals surface area contributed by atoms with E-state index in [1.807, 2.05) is 18.2 Å². The first-order valence-corrected chi connectivity index (χ1v) is 11.0. The number of thioether (sulfide) groups is 1. The fourth-order valence-corrected chi connectivity index (χ4v) is 4.21. The zero-order valence-corrected chi connectivity index (χ0v) is 19.3. The number of nitrogens with zero attached hydrogens (tertiary/aromatic N) is 4. The van der Waals surface area contributed by atoms with Crippen LogP contribution in [0.1, 0.15) is 21.5 Å². The predicted molar refractivity (Wildman–Crippen MR) is 129 cm³/mol. The molecule has 34 heavy (non-hydrogen) atoms.